The summed E-state index contributed by atoms with van der Waals surface area (Å²) in [5.74, 6) is -0.568. The highest BCUT2D eigenvalue weighted by molar-refractivity contribution is 6.29. The van der Waals surface area contributed by atoms with Crippen molar-refractivity contribution >= 4 is 17.6 Å². The maximum atomic E-state index is 10.7. The number of rotatable bonds is 3. The van der Waals surface area contributed by atoms with E-state index < -0.39 is 11.3 Å². The summed E-state index contributed by atoms with van der Waals surface area (Å²) in [7, 11) is 1.49. The number of ether oxygens (including phenoxy) is 1. The molecular weight excluding hydrogens is 204 g/mol. The van der Waals surface area contributed by atoms with Crippen molar-refractivity contribution in [1.82, 2.24) is 0 Å². The van der Waals surface area contributed by atoms with Gasteiger partial charge in [0, 0.05) is 5.56 Å². The Hall–Kier alpha value is -1.22. The van der Waals surface area contributed by atoms with Gasteiger partial charge in [0.15, 0.2) is 5.38 Å². The van der Waals surface area contributed by atoms with Gasteiger partial charge in [-0.2, -0.15) is 0 Å². The van der Waals surface area contributed by atoms with Crippen LogP contribution in [0.1, 0.15) is 16.5 Å². The smallest absolute Gasteiger partial charge is 0.326 e. The van der Waals surface area contributed by atoms with Crippen LogP contribution in [-0.4, -0.2) is 18.2 Å². The van der Waals surface area contributed by atoms with E-state index in [0.717, 1.165) is 5.56 Å². The van der Waals surface area contributed by atoms with Crippen molar-refractivity contribution in [2.24, 2.45) is 0 Å². The Bertz CT molecular complexity index is 349. The van der Waals surface area contributed by atoms with E-state index in [2.05, 4.69) is 0 Å². The molecule has 3 nitrogen and oxygen atoms in total. The molecule has 0 saturated carbocycles. The molecule has 0 radical (unpaired) electrons. The lowest BCUT2D eigenvalue weighted by molar-refractivity contribution is -0.136. The molecule has 1 unspecified atom stereocenters. The van der Waals surface area contributed by atoms with Crippen LogP contribution in [0.2, 0.25) is 0 Å². The maximum absolute atomic E-state index is 10.7. The van der Waals surface area contributed by atoms with Crippen LogP contribution < -0.4 is 4.74 Å². The zero-order valence-corrected chi connectivity index (χ0v) is 8.71. The molecule has 0 heterocycles. The highest BCUT2D eigenvalue weighted by Gasteiger charge is 2.20. The molecule has 0 saturated heterocycles. The van der Waals surface area contributed by atoms with Crippen molar-refractivity contribution in [3.63, 3.8) is 0 Å². The Morgan fingerprint density at radius 2 is 2.21 bits per heavy atom. The first-order chi connectivity index (χ1) is 6.56. The third-order valence-corrected chi connectivity index (χ3v) is 2.30. The normalized spacial score (nSPS) is 12.2. The first-order valence-corrected chi connectivity index (χ1v) is 4.51. The van der Waals surface area contributed by atoms with Crippen molar-refractivity contribution in [3.8, 4) is 5.75 Å². The Morgan fingerprint density at radius 3 is 2.71 bits per heavy atom. The fourth-order valence-electron chi connectivity index (χ4n) is 1.16. The van der Waals surface area contributed by atoms with Gasteiger partial charge >= 0.3 is 5.97 Å². The molecule has 0 aliphatic heterocycles. The summed E-state index contributed by atoms with van der Waals surface area (Å²) in [6.45, 7) is 1.90. The number of benzene rings is 1. The minimum Gasteiger partial charge on any atom is -0.496 e. The SMILES string of the molecule is COc1cc(C)ccc1C(Cl)C(=O)O. The van der Waals surface area contributed by atoms with Crippen LogP contribution in [0, 0.1) is 6.92 Å². The monoisotopic (exact) mass is 214 g/mol. The number of carbonyl (C=O) groups is 1. The van der Waals surface area contributed by atoms with Gasteiger partial charge in [-0.25, -0.2) is 0 Å². The van der Waals surface area contributed by atoms with E-state index in [9.17, 15) is 4.79 Å². The van der Waals surface area contributed by atoms with Gasteiger partial charge in [-0.3, -0.25) is 4.79 Å². The molecular formula is C10H11ClO3. The molecule has 1 aromatic carbocycles. The lowest BCUT2D eigenvalue weighted by atomic mass is 10.1. The van der Waals surface area contributed by atoms with Crippen LogP contribution in [0.15, 0.2) is 18.2 Å². The molecule has 1 aromatic rings. The summed E-state index contributed by atoms with van der Waals surface area (Å²) >= 11 is 5.70. The molecule has 76 valence electrons. The lowest BCUT2D eigenvalue weighted by Gasteiger charge is -2.10. The summed E-state index contributed by atoms with van der Waals surface area (Å²) in [6, 6.07) is 5.23. The van der Waals surface area contributed by atoms with Crippen molar-refractivity contribution in [1.29, 1.82) is 0 Å². The zero-order valence-electron chi connectivity index (χ0n) is 7.95. The minimum atomic E-state index is -1.08. The molecule has 1 rings (SSSR count). The summed E-state index contributed by atoms with van der Waals surface area (Å²) < 4.78 is 5.05. The van der Waals surface area contributed by atoms with Crippen molar-refractivity contribution in [3.05, 3.63) is 29.3 Å². The molecule has 0 amide bonds. The number of hydrogen-bond donors (Lipinski definition) is 1. The van der Waals surface area contributed by atoms with Crippen LogP contribution in [0.3, 0.4) is 0 Å². The third kappa shape index (κ3) is 2.17. The molecule has 1 N–H and O–H groups in total. The van der Waals surface area contributed by atoms with Gasteiger partial charge in [0.2, 0.25) is 0 Å². The van der Waals surface area contributed by atoms with E-state index in [1.807, 2.05) is 6.92 Å². The predicted octanol–water partition coefficient (Wildman–Crippen LogP) is 2.37. The number of carboxylic acids is 1. The summed E-state index contributed by atoms with van der Waals surface area (Å²) in [4.78, 5) is 10.7. The topological polar surface area (TPSA) is 46.5 Å². The highest BCUT2D eigenvalue weighted by atomic mass is 35.5. The third-order valence-electron chi connectivity index (χ3n) is 1.88. The van der Waals surface area contributed by atoms with Crippen molar-refractivity contribution in [2.75, 3.05) is 7.11 Å². The van der Waals surface area contributed by atoms with Gasteiger partial charge in [-0.15, -0.1) is 11.6 Å². The van der Waals surface area contributed by atoms with Crippen LogP contribution >= 0.6 is 11.6 Å². The first kappa shape index (κ1) is 10.9. The molecule has 0 spiro atoms. The molecule has 14 heavy (non-hydrogen) atoms. The predicted molar refractivity (Wildman–Crippen MR) is 54.0 cm³/mol. The number of aryl methyl sites for hydroxylation is 1. The number of methoxy groups -OCH3 is 1. The maximum Gasteiger partial charge on any atom is 0.326 e. The van der Waals surface area contributed by atoms with Crippen LogP contribution in [0.5, 0.6) is 5.75 Å². The minimum absolute atomic E-state index is 0.479. The number of carboxylic acid groups (broad SMARTS) is 1. The number of halogens is 1. The van der Waals surface area contributed by atoms with Crippen LogP contribution in [0.25, 0.3) is 0 Å². The first-order valence-electron chi connectivity index (χ1n) is 4.07. The van der Waals surface area contributed by atoms with E-state index >= 15 is 0 Å². The molecule has 0 bridgehead atoms. The lowest BCUT2D eigenvalue weighted by Crippen LogP contribution is -2.06. The Labute approximate surface area is 87.3 Å². The number of hydrogen-bond acceptors (Lipinski definition) is 2. The second-order valence-electron chi connectivity index (χ2n) is 2.95. The molecule has 0 aromatic heterocycles. The summed E-state index contributed by atoms with van der Waals surface area (Å²) in [5, 5.41) is 7.67. The Morgan fingerprint density at radius 1 is 1.57 bits per heavy atom. The standard InChI is InChI=1S/C10H11ClO3/c1-6-3-4-7(8(5-6)14-2)9(11)10(12)13/h3-5,9H,1-2H3,(H,12,13). The number of aliphatic carboxylic acids is 1. The molecule has 4 heteroatoms. The van der Waals surface area contributed by atoms with E-state index in [0.29, 0.717) is 11.3 Å². The van der Waals surface area contributed by atoms with Gasteiger partial charge in [0.25, 0.3) is 0 Å². The highest BCUT2D eigenvalue weighted by Crippen LogP contribution is 2.30. The zero-order chi connectivity index (χ0) is 10.7. The summed E-state index contributed by atoms with van der Waals surface area (Å²) in [6.07, 6.45) is 0. The van der Waals surface area contributed by atoms with E-state index in [1.165, 1.54) is 7.11 Å². The van der Waals surface area contributed by atoms with Crippen LogP contribution in [0.4, 0.5) is 0 Å². The van der Waals surface area contributed by atoms with Crippen LogP contribution in [-0.2, 0) is 4.79 Å². The van der Waals surface area contributed by atoms with Gasteiger partial charge < -0.3 is 9.84 Å². The second kappa shape index (κ2) is 4.33. The molecule has 0 fully saturated rings. The van der Waals surface area contributed by atoms with Crippen molar-refractivity contribution < 1.29 is 14.6 Å². The van der Waals surface area contributed by atoms with Crippen molar-refractivity contribution in [2.45, 2.75) is 12.3 Å². The van der Waals surface area contributed by atoms with E-state index in [1.54, 1.807) is 18.2 Å². The average molecular weight is 215 g/mol. The fraction of sp³-hybridized carbons (Fsp3) is 0.300. The Kier molecular flexibility index (Phi) is 3.36. The average Bonchev–Trinajstić information content (AvgIpc) is 2.16. The quantitative estimate of drug-likeness (QED) is 0.786. The molecule has 0 aliphatic rings. The molecule has 1 atom stereocenters. The van der Waals surface area contributed by atoms with Gasteiger partial charge in [-0.1, -0.05) is 12.1 Å². The molecule has 0 aliphatic carbocycles. The second-order valence-corrected chi connectivity index (χ2v) is 3.38. The van der Waals surface area contributed by atoms with Gasteiger partial charge in [-0.05, 0) is 18.6 Å². The summed E-state index contributed by atoms with van der Waals surface area (Å²) in [5.41, 5.74) is 1.48. The van der Waals surface area contributed by atoms with E-state index in [-0.39, 0.29) is 0 Å². The van der Waals surface area contributed by atoms with E-state index in [4.69, 9.17) is 21.4 Å². The Balaban J connectivity index is 3.13. The van der Waals surface area contributed by atoms with Gasteiger partial charge in [0.05, 0.1) is 7.11 Å². The largest absolute Gasteiger partial charge is 0.496 e. The fourth-order valence-corrected chi connectivity index (χ4v) is 1.34. The van der Waals surface area contributed by atoms with Gasteiger partial charge in [0.1, 0.15) is 5.75 Å². The number of alkyl halides is 1.